The number of hydroxylamine groups is 2. The van der Waals surface area contributed by atoms with Gasteiger partial charge in [0.05, 0.1) is 12.5 Å². The average Bonchev–Trinajstić information content (AvgIpc) is 2.75. The van der Waals surface area contributed by atoms with Crippen LogP contribution in [0.3, 0.4) is 0 Å². The summed E-state index contributed by atoms with van der Waals surface area (Å²) >= 11 is 0. The molecule has 9 nitrogen and oxygen atoms in total. The van der Waals surface area contributed by atoms with E-state index in [1.165, 1.54) is 4.90 Å². The van der Waals surface area contributed by atoms with Crippen molar-refractivity contribution < 1.29 is 31.6 Å². The zero-order valence-corrected chi connectivity index (χ0v) is 13.4. The van der Waals surface area contributed by atoms with E-state index in [1.807, 2.05) is 18.2 Å². The van der Waals surface area contributed by atoms with Gasteiger partial charge in [0.25, 0.3) is 0 Å². The lowest BCUT2D eigenvalue weighted by atomic mass is 10.1. The van der Waals surface area contributed by atoms with Gasteiger partial charge >= 0.3 is 22.4 Å². The molecule has 2 aliphatic rings. The maximum Gasteiger partial charge on any atom is 0.418 e. The van der Waals surface area contributed by atoms with E-state index in [0.29, 0.717) is 17.9 Å². The van der Waals surface area contributed by atoms with E-state index >= 15 is 0 Å². The molecule has 1 aromatic carbocycles. The molecule has 2 amide bonds. The quantitative estimate of drug-likeness (QED) is 0.611. The minimum atomic E-state index is -4.79. The Morgan fingerprint density at radius 3 is 2.62 bits per heavy atom. The molecule has 1 aromatic rings. The number of hydrogen-bond acceptors (Lipinski definition) is 6. The van der Waals surface area contributed by atoms with Crippen LogP contribution in [0.15, 0.2) is 30.3 Å². The van der Waals surface area contributed by atoms with E-state index in [1.54, 1.807) is 12.1 Å². The Kier molecular flexibility index (Phi) is 4.43. The number of esters is 1. The molecule has 10 heteroatoms. The molecule has 2 aliphatic heterocycles. The number of hydrogen-bond donors (Lipinski definition) is 1. The molecule has 2 fully saturated rings. The Labute approximate surface area is 138 Å². The smallest absolute Gasteiger partial charge is 0.418 e. The van der Waals surface area contributed by atoms with Gasteiger partial charge in [-0.3, -0.25) is 14.2 Å². The molecular formula is C14H16N2O7S. The lowest BCUT2D eigenvalue weighted by Crippen LogP contribution is -2.43. The van der Waals surface area contributed by atoms with Crippen LogP contribution in [0.5, 0.6) is 0 Å². The Balaban J connectivity index is 1.63. The van der Waals surface area contributed by atoms with Crippen molar-refractivity contribution in [3.05, 3.63) is 35.9 Å². The molecule has 0 aromatic heterocycles. The first-order valence-corrected chi connectivity index (χ1v) is 8.70. The minimum absolute atomic E-state index is 0.0774. The number of benzene rings is 1. The SMILES string of the molecule is O=C(Cc1ccccc1)OC1CC[C@@H]2CN1C(=O)N2OS(=O)(=O)O. The summed E-state index contributed by atoms with van der Waals surface area (Å²) in [4.78, 5) is 25.4. The van der Waals surface area contributed by atoms with Gasteiger partial charge in [0.1, 0.15) is 0 Å². The Hall–Kier alpha value is -2.17. The minimum Gasteiger partial charge on any atom is -0.441 e. The zero-order valence-electron chi connectivity index (χ0n) is 12.6. The third kappa shape index (κ3) is 3.66. The zero-order chi connectivity index (χ0) is 17.3. The van der Waals surface area contributed by atoms with Gasteiger partial charge in [-0.05, 0) is 12.0 Å². The van der Waals surface area contributed by atoms with Crippen LogP contribution in [0, 0.1) is 0 Å². The van der Waals surface area contributed by atoms with Crippen molar-refractivity contribution in [1.82, 2.24) is 9.96 Å². The van der Waals surface area contributed by atoms with Crippen LogP contribution in [0.25, 0.3) is 0 Å². The number of amides is 2. The molecule has 130 valence electrons. The summed E-state index contributed by atoms with van der Waals surface area (Å²) in [6.07, 6.45) is 0.0529. The van der Waals surface area contributed by atoms with Crippen molar-refractivity contribution in [2.75, 3.05) is 6.54 Å². The maximum absolute atomic E-state index is 12.2. The van der Waals surface area contributed by atoms with E-state index in [2.05, 4.69) is 4.28 Å². The largest absolute Gasteiger partial charge is 0.441 e. The summed E-state index contributed by atoms with van der Waals surface area (Å²) in [6.45, 7) is 0.164. The Morgan fingerprint density at radius 1 is 1.25 bits per heavy atom. The first-order chi connectivity index (χ1) is 11.3. The predicted octanol–water partition coefficient (Wildman–Crippen LogP) is 0.733. The number of ether oxygens (including phenoxy) is 1. The fourth-order valence-electron chi connectivity index (χ4n) is 2.87. The third-order valence-corrected chi connectivity index (χ3v) is 4.25. The predicted molar refractivity (Wildman–Crippen MR) is 79.6 cm³/mol. The van der Waals surface area contributed by atoms with Crippen molar-refractivity contribution in [2.45, 2.75) is 31.5 Å². The van der Waals surface area contributed by atoms with Crippen LogP contribution in [0.1, 0.15) is 18.4 Å². The molecule has 1 unspecified atom stereocenters. The van der Waals surface area contributed by atoms with Gasteiger partial charge in [0.15, 0.2) is 6.23 Å². The van der Waals surface area contributed by atoms with E-state index < -0.39 is 34.7 Å². The second-order valence-electron chi connectivity index (χ2n) is 5.60. The van der Waals surface area contributed by atoms with Crippen molar-refractivity contribution in [2.24, 2.45) is 0 Å². The van der Waals surface area contributed by atoms with Crippen LogP contribution >= 0.6 is 0 Å². The summed E-state index contributed by atoms with van der Waals surface area (Å²) in [5.41, 5.74) is 0.792. The van der Waals surface area contributed by atoms with Crippen molar-refractivity contribution in [3.8, 4) is 0 Å². The summed E-state index contributed by atoms with van der Waals surface area (Å²) < 4.78 is 40.0. The standard InChI is InChI=1S/C14H16N2O7S/c17-13(8-10-4-2-1-3-5-10)22-12-7-6-11-9-15(12)14(18)16(11)23-24(19,20)21/h1-5,11-12H,6-9H2,(H,19,20,21)/t11-,12?/m1/s1. The molecule has 0 aliphatic carbocycles. The molecule has 2 saturated heterocycles. The molecule has 2 bridgehead atoms. The molecule has 0 spiro atoms. The van der Waals surface area contributed by atoms with E-state index in [9.17, 15) is 18.0 Å². The van der Waals surface area contributed by atoms with Gasteiger partial charge in [-0.25, -0.2) is 4.79 Å². The van der Waals surface area contributed by atoms with Crippen LogP contribution < -0.4 is 0 Å². The molecule has 24 heavy (non-hydrogen) atoms. The molecule has 0 radical (unpaired) electrons. The Morgan fingerprint density at radius 2 is 1.96 bits per heavy atom. The average molecular weight is 356 g/mol. The van der Waals surface area contributed by atoms with Gasteiger partial charge < -0.3 is 4.74 Å². The summed E-state index contributed by atoms with van der Waals surface area (Å²) in [5, 5.41) is 0.611. The van der Waals surface area contributed by atoms with Gasteiger partial charge in [-0.15, -0.1) is 4.28 Å². The van der Waals surface area contributed by atoms with Gasteiger partial charge in [-0.2, -0.15) is 13.5 Å². The lowest BCUT2D eigenvalue weighted by Gasteiger charge is -2.29. The fourth-order valence-corrected chi connectivity index (χ4v) is 3.26. The summed E-state index contributed by atoms with van der Waals surface area (Å²) in [6, 6.07) is 7.77. The molecule has 3 rings (SSSR count). The highest BCUT2D eigenvalue weighted by Gasteiger charge is 2.48. The monoisotopic (exact) mass is 356 g/mol. The number of piperidine rings is 1. The first kappa shape index (κ1) is 16.7. The second kappa shape index (κ2) is 6.38. The van der Waals surface area contributed by atoms with Crippen LogP contribution in [-0.2, 0) is 30.6 Å². The van der Waals surface area contributed by atoms with Crippen LogP contribution in [0.2, 0.25) is 0 Å². The van der Waals surface area contributed by atoms with E-state index in [0.717, 1.165) is 5.56 Å². The fraction of sp³-hybridized carbons (Fsp3) is 0.429. The number of rotatable bonds is 5. The highest BCUT2D eigenvalue weighted by molar-refractivity contribution is 7.80. The van der Waals surface area contributed by atoms with E-state index in [4.69, 9.17) is 9.29 Å². The molecule has 1 N–H and O–H groups in total. The second-order valence-corrected chi connectivity index (χ2v) is 6.61. The van der Waals surface area contributed by atoms with Gasteiger partial charge in [-0.1, -0.05) is 30.3 Å². The first-order valence-electron chi connectivity index (χ1n) is 7.34. The Bertz CT molecular complexity index is 737. The topological polar surface area (TPSA) is 113 Å². The molecule has 0 saturated carbocycles. The highest BCUT2D eigenvalue weighted by Crippen LogP contribution is 2.31. The van der Waals surface area contributed by atoms with Crippen LogP contribution in [0.4, 0.5) is 4.79 Å². The number of fused-ring (bicyclic) bond motifs is 2. The number of nitrogens with zero attached hydrogens (tertiary/aromatic N) is 2. The number of carbonyl (C=O) groups is 2. The molecule has 2 atom stereocenters. The third-order valence-electron chi connectivity index (χ3n) is 3.90. The summed E-state index contributed by atoms with van der Waals surface area (Å²) in [5.74, 6) is -0.480. The molecular weight excluding hydrogens is 340 g/mol. The van der Waals surface area contributed by atoms with Gasteiger partial charge in [0.2, 0.25) is 0 Å². The van der Waals surface area contributed by atoms with Crippen molar-refractivity contribution in [3.63, 3.8) is 0 Å². The number of carbonyl (C=O) groups excluding carboxylic acids is 2. The van der Waals surface area contributed by atoms with Crippen molar-refractivity contribution in [1.29, 1.82) is 0 Å². The lowest BCUT2D eigenvalue weighted by molar-refractivity contribution is -0.157. The highest BCUT2D eigenvalue weighted by atomic mass is 32.3. The number of urea groups is 1. The normalized spacial score (nSPS) is 23.5. The summed E-state index contributed by atoms with van der Waals surface area (Å²) in [7, 11) is -4.79. The van der Waals surface area contributed by atoms with Crippen LogP contribution in [-0.4, -0.2) is 53.7 Å². The molecule has 2 heterocycles. The van der Waals surface area contributed by atoms with Crippen molar-refractivity contribution >= 4 is 22.4 Å². The van der Waals surface area contributed by atoms with E-state index in [-0.39, 0.29) is 13.0 Å². The van der Waals surface area contributed by atoms with Gasteiger partial charge in [0, 0.05) is 13.0 Å². The maximum atomic E-state index is 12.2.